The average molecular weight is 270 g/mol. The Morgan fingerprint density at radius 1 is 1.20 bits per heavy atom. The van der Waals surface area contributed by atoms with Gasteiger partial charge in [-0.3, -0.25) is 4.98 Å². The molecule has 106 valence electrons. The average Bonchev–Trinajstić information content (AvgIpc) is 2.38. The molecule has 0 radical (unpaired) electrons. The molecular weight excluding hydrogens is 248 g/mol. The molecule has 4 nitrogen and oxygen atoms in total. The van der Waals surface area contributed by atoms with E-state index < -0.39 is 0 Å². The number of nitrogen functional groups attached to an aromatic ring is 1. The quantitative estimate of drug-likeness (QED) is 0.896. The molecule has 1 atom stereocenters. The Balaban J connectivity index is 2.56. The molecule has 2 aromatic rings. The third-order valence-corrected chi connectivity index (χ3v) is 3.46. The Hall–Kier alpha value is -1.94. The summed E-state index contributed by atoms with van der Waals surface area (Å²) in [5, 5.41) is 3.47. The summed E-state index contributed by atoms with van der Waals surface area (Å²) in [6.45, 7) is 9.12. The third-order valence-electron chi connectivity index (χ3n) is 3.46. The van der Waals surface area contributed by atoms with Gasteiger partial charge in [0.15, 0.2) is 0 Å². The summed E-state index contributed by atoms with van der Waals surface area (Å²) < 4.78 is 0. The van der Waals surface area contributed by atoms with Crippen molar-refractivity contribution >= 4 is 5.82 Å². The lowest BCUT2D eigenvalue weighted by Crippen LogP contribution is -2.26. The predicted octanol–water partition coefficient (Wildman–Crippen LogP) is 2.68. The highest BCUT2D eigenvalue weighted by atomic mass is 15.0. The van der Waals surface area contributed by atoms with E-state index in [1.165, 1.54) is 5.56 Å². The first kappa shape index (κ1) is 14.5. The van der Waals surface area contributed by atoms with Crippen molar-refractivity contribution in [2.24, 2.45) is 0 Å². The predicted molar refractivity (Wildman–Crippen MR) is 82.6 cm³/mol. The molecule has 4 heteroatoms. The molecule has 1 unspecified atom stereocenters. The fourth-order valence-corrected chi connectivity index (χ4v) is 2.53. The van der Waals surface area contributed by atoms with Crippen LogP contribution in [0.2, 0.25) is 0 Å². The molecule has 20 heavy (non-hydrogen) atoms. The first-order valence-electron chi connectivity index (χ1n) is 6.92. The second-order valence-corrected chi connectivity index (χ2v) is 5.13. The van der Waals surface area contributed by atoms with Crippen molar-refractivity contribution in [3.63, 3.8) is 0 Å². The van der Waals surface area contributed by atoms with E-state index in [4.69, 9.17) is 5.73 Å². The van der Waals surface area contributed by atoms with Crippen LogP contribution >= 0.6 is 0 Å². The number of aryl methyl sites for hydroxylation is 3. The van der Waals surface area contributed by atoms with Crippen LogP contribution in [0, 0.1) is 20.8 Å². The molecule has 0 aromatic carbocycles. The van der Waals surface area contributed by atoms with E-state index in [1.54, 1.807) is 6.20 Å². The molecule has 0 saturated carbocycles. The Bertz CT molecular complexity index is 587. The van der Waals surface area contributed by atoms with E-state index in [-0.39, 0.29) is 6.04 Å². The van der Waals surface area contributed by atoms with Gasteiger partial charge in [0, 0.05) is 18.0 Å². The van der Waals surface area contributed by atoms with E-state index in [1.807, 2.05) is 12.3 Å². The van der Waals surface area contributed by atoms with E-state index >= 15 is 0 Å². The number of nitrogens with one attached hydrogen (secondary N) is 1. The Kier molecular flexibility index (Phi) is 4.35. The van der Waals surface area contributed by atoms with Gasteiger partial charge >= 0.3 is 0 Å². The molecule has 2 rings (SSSR count). The SMILES string of the molecule is CCNC(c1ncc(C)cc1C)c1c(C)ccnc1N. The van der Waals surface area contributed by atoms with Crippen molar-refractivity contribution in [1.82, 2.24) is 15.3 Å². The molecule has 0 aliphatic carbocycles. The zero-order valence-corrected chi connectivity index (χ0v) is 12.6. The van der Waals surface area contributed by atoms with Gasteiger partial charge in [0.05, 0.1) is 11.7 Å². The molecule has 0 saturated heterocycles. The Morgan fingerprint density at radius 2 is 1.95 bits per heavy atom. The van der Waals surface area contributed by atoms with Gasteiger partial charge in [0.2, 0.25) is 0 Å². The van der Waals surface area contributed by atoms with Gasteiger partial charge in [-0.2, -0.15) is 0 Å². The molecule has 0 aliphatic heterocycles. The van der Waals surface area contributed by atoms with Crippen molar-refractivity contribution in [3.8, 4) is 0 Å². The zero-order chi connectivity index (χ0) is 14.7. The minimum atomic E-state index is -0.0192. The minimum absolute atomic E-state index is 0.0192. The molecule has 0 bridgehead atoms. The summed E-state index contributed by atoms with van der Waals surface area (Å²) in [6.07, 6.45) is 3.64. The number of aromatic nitrogens is 2. The molecular formula is C16H22N4. The van der Waals surface area contributed by atoms with Gasteiger partial charge in [-0.25, -0.2) is 4.98 Å². The van der Waals surface area contributed by atoms with Crippen LogP contribution in [0.25, 0.3) is 0 Å². The number of nitrogens with two attached hydrogens (primary N) is 1. The maximum absolute atomic E-state index is 6.09. The van der Waals surface area contributed by atoms with Crippen LogP contribution in [0.5, 0.6) is 0 Å². The Morgan fingerprint density at radius 3 is 2.55 bits per heavy atom. The summed E-state index contributed by atoms with van der Waals surface area (Å²) in [7, 11) is 0. The van der Waals surface area contributed by atoms with E-state index in [2.05, 4.69) is 49.0 Å². The molecule has 0 amide bonds. The summed E-state index contributed by atoms with van der Waals surface area (Å²) in [5.41, 5.74) is 11.6. The van der Waals surface area contributed by atoms with Gasteiger partial charge in [-0.15, -0.1) is 0 Å². The van der Waals surface area contributed by atoms with Crippen LogP contribution in [-0.4, -0.2) is 16.5 Å². The topological polar surface area (TPSA) is 63.8 Å². The standard InChI is InChI=1S/C16H22N4/c1-5-18-15(13-11(3)6-7-19-16(13)17)14-12(4)8-10(2)9-20-14/h6-9,15,18H,5H2,1-4H3,(H2,17,19). The normalized spacial score (nSPS) is 12.4. The third kappa shape index (κ3) is 2.80. The largest absolute Gasteiger partial charge is 0.383 e. The van der Waals surface area contributed by atoms with Crippen LogP contribution in [0.1, 0.15) is 40.9 Å². The summed E-state index contributed by atoms with van der Waals surface area (Å²) >= 11 is 0. The number of anilines is 1. The molecule has 2 aromatic heterocycles. The highest BCUT2D eigenvalue weighted by Crippen LogP contribution is 2.29. The Labute approximate surface area is 120 Å². The van der Waals surface area contributed by atoms with Crippen molar-refractivity contribution in [3.05, 3.63) is 52.5 Å². The van der Waals surface area contributed by atoms with Gasteiger partial charge in [-0.1, -0.05) is 13.0 Å². The van der Waals surface area contributed by atoms with Gasteiger partial charge in [-0.05, 0) is 50.1 Å². The molecule has 0 fully saturated rings. The van der Waals surface area contributed by atoms with E-state index in [0.29, 0.717) is 5.82 Å². The van der Waals surface area contributed by atoms with Crippen LogP contribution in [0.4, 0.5) is 5.82 Å². The summed E-state index contributed by atoms with van der Waals surface area (Å²) in [6, 6.07) is 4.11. The lowest BCUT2D eigenvalue weighted by molar-refractivity contribution is 0.609. The fraction of sp³-hybridized carbons (Fsp3) is 0.375. The zero-order valence-electron chi connectivity index (χ0n) is 12.6. The molecule has 2 heterocycles. The second-order valence-electron chi connectivity index (χ2n) is 5.13. The lowest BCUT2D eigenvalue weighted by Gasteiger charge is -2.22. The molecule has 0 spiro atoms. The number of rotatable bonds is 4. The van der Waals surface area contributed by atoms with Gasteiger partial charge < -0.3 is 11.1 Å². The lowest BCUT2D eigenvalue weighted by atomic mass is 9.96. The number of pyridine rings is 2. The number of nitrogens with zero attached hydrogens (tertiary/aromatic N) is 2. The van der Waals surface area contributed by atoms with Crippen LogP contribution < -0.4 is 11.1 Å². The maximum atomic E-state index is 6.09. The van der Waals surface area contributed by atoms with Crippen LogP contribution in [-0.2, 0) is 0 Å². The molecule has 3 N–H and O–H groups in total. The van der Waals surface area contributed by atoms with Crippen LogP contribution in [0.3, 0.4) is 0 Å². The number of hydrogen-bond acceptors (Lipinski definition) is 4. The van der Waals surface area contributed by atoms with Crippen molar-refractivity contribution in [2.45, 2.75) is 33.7 Å². The van der Waals surface area contributed by atoms with E-state index in [9.17, 15) is 0 Å². The summed E-state index contributed by atoms with van der Waals surface area (Å²) in [4.78, 5) is 8.84. The smallest absolute Gasteiger partial charge is 0.128 e. The van der Waals surface area contributed by atoms with Crippen molar-refractivity contribution < 1.29 is 0 Å². The monoisotopic (exact) mass is 270 g/mol. The van der Waals surface area contributed by atoms with E-state index in [0.717, 1.165) is 28.9 Å². The van der Waals surface area contributed by atoms with Crippen molar-refractivity contribution in [1.29, 1.82) is 0 Å². The second kappa shape index (κ2) is 6.01. The molecule has 0 aliphatic rings. The maximum Gasteiger partial charge on any atom is 0.128 e. The first-order chi connectivity index (χ1) is 9.54. The fourth-order valence-electron chi connectivity index (χ4n) is 2.53. The highest BCUT2D eigenvalue weighted by molar-refractivity contribution is 5.50. The van der Waals surface area contributed by atoms with Crippen molar-refractivity contribution in [2.75, 3.05) is 12.3 Å². The highest BCUT2D eigenvalue weighted by Gasteiger charge is 2.21. The number of hydrogen-bond donors (Lipinski definition) is 2. The minimum Gasteiger partial charge on any atom is -0.383 e. The van der Waals surface area contributed by atoms with Crippen LogP contribution in [0.15, 0.2) is 24.5 Å². The van der Waals surface area contributed by atoms with Gasteiger partial charge in [0.25, 0.3) is 0 Å². The first-order valence-corrected chi connectivity index (χ1v) is 6.92. The summed E-state index contributed by atoms with van der Waals surface area (Å²) in [5.74, 6) is 0.567. The van der Waals surface area contributed by atoms with Gasteiger partial charge in [0.1, 0.15) is 5.82 Å².